The highest BCUT2D eigenvalue weighted by Crippen LogP contribution is 2.31. The molecule has 0 saturated heterocycles. The Kier molecular flexibility index (Phi) is 6.52. The van der Waals surface area contributed by atoms with Crippen LogP contribution in [0.1, 0.15) is 39.5 Å². The lowest BCUT2D eigenvalue weighted by molar-refractivity contribution is -0.126. The Labute approximate surface area is 121 Å². The zero-order valence-electron chi connectivity index (χ0n) is 12.7. The summed E-state index contributed by atoms with van der Waals surface area (Å²) >= 11 is 0. The number of ether oxygens (including phenoxy) is 1. The first-order valence-electron chi connectivity index (χ1n) is 7.27. The van der Waals surface area contributed by atoms with Crippen molar-refractivity contribution >= 4 is 11.6 Å². The summed E-state index contributed by atoms with van der Waals surface area (Å²) in [5.41, 5.74) is 6.19. The molecule has 20 heavy (non-hydrogen) atoms. The number of carbonyl (C=O) groups is 1. The topological polar surface area (TPSA) is 64.4 Å². The van der Waals surface area contributed by atoms with Crippen LogP contribution in [-0.4, -0.2) is 19.6 Å². The van der Waals surface area contributed by atoms with Crippen molar-refractivity contribution in [3.8, 4) is 5.75 Å². The molecule has 1 aromatic carbocycles. The van der Waals surface area contributed by atoms with Crippen LogP contribution in [0.4, 0.5) is 5.69 Å². The molecular formula is C16H26N2O2. The molecule has 1 aromatic rings. The van der Waals surface area contributed by atoms with Gasteiger partial charge in [0.15, 0.2) is 0 Å². The zero-order valence-corrected chi connectivity index (χ0v) is 12.7. The van der Waals surface area contributed by atoms with Gasteiger partial charge in [0.25, 0.3) is 0 Å². The van der Waals surface area contributed by atoms with Crippen LogP contribution >= 0.6 is 0 Å². The van der Waals surface area contributed by atoms with E-state index in [1.165, 1.54) is 0 Å². The predicted octanol–water partition coefficient (Wildman–Crippen LogP) is 3.18. The van der Waals surface area contributed by atoms with E-state index in [1.807, 2.05) is 24.3 Å². The summed E-state index contributed by atoms with van der Waals surface area (Å²) in [5.74, 6) is 0.740. The Hall–Kier alpha value is -1.55. The molecule has 1 amide bonds. The molecule has 0 aliphatic rings. The zero-order chi connectivity index (χ0) is 15.0. The summed E-state index contributed by atoms with van der Waals surface area (Å²) in [6, 6.07) is 7.39. The lowest BCUT2D eigenvalue weighted by Gasteiger charge is -2.30. The van der Waals surface area contributed by atoms with Gasteiger partial charge in [-0.15, -0.1) is 0 Å². The number of anilines is 1. The molecule has 0 radical (unpaired) electrons. The van der Waals surface area contributed by atoms with E-state index in [0.29, 0.717) is 6.54 Å². The average molecular weight is 278 g/mol. The minimum atomic E-state index is -0.466. The molecule has 0 fully saturated rings. The molecule has 0 aliphatic heterocycles. The van der Waals surface area contributed by atoms with Gasteiger partial charge >= 0.3 is 0 Å². The number of hydrogen-bond donors (Lipinski definition) is 2. The molecule has 1 rings (SSSR count). The monoisotopic (exact) mass is 278 g/mol. The number of nitrogens with two attached hydrogens (primary N) is 1. The SMILES string of the molecule is CCCC(CN)(CCC)C(=O)Nc1cccc(OC)c1. The van der Waals surface area contributed by atoms with Crippen LogP contribution in [0.2, 0.25) is 0 Å². The van der Waals surface area contributed by atoms with Crippen LogP contribution < -0.4 is 15.8 Å². The van der Waals surface area contributed by atoms with Crippen molar-refractivity contribution in [2.45, 2.75) is 39.5 Å². The Bertz CT molecular complexity index is 426. The van der Waals surface area contributed by atoms with E-state index in [-0.39, 0.29) is 5.91 Å². The van der Waals surface area contributed by atoms with Gasteiger partial charge in [0, 0.05) is 18.3 Å². The van der Waals surface area contributed by atoms with Crippen LogP contribution in [0, 0.1) is 5.41 Å². The van der Waals surface area contributed by atoms with Crippen molar-refractivity contribution in [2.75, 3.05) is 19.0 Å². The maximum atomic E-state index is 12.6. The van der Waals surface area contributed by atoms with Gasteiger partial charge in [-0.05, 0) is 25.0 Å². The third-order valence-electron chi connectivity index (χ3n) is 3.66. The summed E-state index contributed by atoms with van der Waals surface area (Å²) in [5, 5.41) is 2.98. The van der Waals surface area contributed by atoms with Crippen molar-refractivity contribution in [2.24, 2.45) is 11.1 Å². The molecule has 112 valence electrons. The number of methoxy groups -OCH3 is 1. The van der Waals surface area contributed by atoms with Crippen molar-refractivity contribution in [1.29, 1.82) is 0 Å². The highest BCUT2D eigenvalue weighted by atomic mass is 16.5. The Balaban J connectivity index is 2.89. The van der Waals surface area contributed by atoms with Crippen LogP contribution in [0.3, 0.4) is 0 Å². The molecule has 4 heteroatoms. The van der Waals surface area contributed by atoms with Gasteiger partial charge in [-0.25, -0.2) is 0 Å². The molecule has 0 bridgehead atoms. The maximum Gasteiger partial charge on any atom is 0.231 e. The summed E-state index contributed by atoms with van der Waals surface area (Å²) in [7, 11) is 1.61. The fraction of sp³-hybridized carbons (Fsp3) is 0.562. The van der Waals surface area contributed by atoms with Gasteiger partial charge < -0.3 is 15.8 Å². The minimum Gasteiger partial charge on any atom is -0.497 e. The van der Waals surface area contributed by atoms with E-state index >= 15 is 0 Å². The van der Waals surface area contributed by atoms with Crippen LogP contribution in [0.25, 0.3) is 0 Å². The molecule has 3 N–H and O–H groups in total. The van der Waals surface area contributed by atoms with E-state index in [9.17, 15) is 4.79 Å². The van der Waals surface area contributed by atoms with Gasteiger partial charge in [0.05, 0.1) is 12.5 Å². The minimum absolute atomic E-state index is 0.0111. The van der Waals surface area contributed by atoms with Gasteiger partial charge in [-0.1, -0.05) is 32.8 Å². The summed E-state index contributed by atoms with van der Waals surface area (Å²) in [6.45, 7) is 4.54. The van der Waals surface area contributed by atoms with E-state index < -0.39 is 5.41 Å². The second-order valence-corrected chi connectivity index (χ2v) is 5.17. The van der Waals surface area contributed by atoms with Crippen molar-refractivity contribution in [3.05, 3.63) is 24.3 Å². The van der Waals surface area contributed by atoms with Gasteiger partial charge in [-0.3, -0.25) is 4.79 Å². The molecule has 4 nitrogen and oxygen atoms in total. The predicted molar refractivity (Wildman–Crippen MR) is 82.9 cm³/mol. The van der Waals surface area contributed by atoms with Crippen molar-refractivity contribution in [3.63, 3.8) is 0 Å². The van der Waals surface area contributed by atoms with Crippen LogP contribution in [-0.2, 0) is 4.79 Å². The molecule has 0 heterocycles. The summed E-state index contributed by atoms with van der Waals surface area (Å²) < 4.78 is 5.17. The number of hydrogen-bond acceptors (Lipinski definition) is 3. The summed E-state index contributed by atoms with van der Waals surface area (Å²) in [4.78, 5) is 12.6. The van der Waals surface area contributed by atoms with Gasteiger partial charge in [0.2, 0.25) is 5.91 Å². The third kappa shape index (κ3) is 3.97. The van der Waals surface area contributed by atoms with Crippen molar-refractivity contribution in [1.82, 2.24) is 0 Å². The normalized spacial score (nSPS) is 11.2. The van der Waals surface area contributed by atoms with E-state index in [1.54, 1.807) is 7.11 Å². The molecule has 0 aromatic heterocycles. The van der Waals surface area contributed by atoms with E-state index in [4.69, 9.17) is 10.5 Å². The number of carbonyl (C=O) groups excluding carboxylic acids is 1. The maximum absolute atomic E-state index is 12.6. The highest BCUT2D eigenvalue weighted by Gasteiger charge is 2.35. The molecular weight excluding hydrogens is 252 g/mol. The van der Waals surface area contributed by atoms with Crippen LogP contribution in [0.15, 0.2) is 24.3 Å². The quantitative estimate of drug-likeness (QED) is 0.767. The first kappa shape index (κ1) is 16.5. The number of nitrogens with one attached hydrogen (secondary N) is 1. The smallest absolute Gasteiger partial charge is 0.231 e. The van der Waals surface area contributed by atoms with E-state index in [0.717, 1.165) is 37.1 Å². The third-order valence-corrected chi connectivity index (χ3v) is 3.66. The Morgan fingerprint density at radius 2 is 1.95 bits per heavy atom. The lowest BCUT2D eigenvalue weighted by atomic mass is 9.78. The van der Waals surface area contributed by atoms with Gasteiger partial charge in [-0.2, -0.15) is 0 Å². The van der Waals surface area contributed by atoms with Crippen LogP contribution in [0.5, 0.6) is 5.75 Å². The molecule has 0 atom stereocenters. The Morgan fingerprint density at radius 1 is 1.30 bits per heavy atom. The van der Waals surface area contributed by atoms with Crippen molar-refractivity contribution < 1.29 is 9.53 Å². The average Bonchev–Trinajstić information content (AvgIpc) is 2.47. The molecule has 0 unspecified atom stereocenters. The lowest BCUT2D eigenvalue weighted by Crippen LogP contribution is -2.42. The standard InChI is InChI=1S/C16H26N2O2/c1-4-9-16(12-17,10-5-2)15(19)18-13-7-6-8-14(11-13)20-3/h6-8,11H,4-5,9-10,12,17H2,1-3H3,(H,18,19). The fourth-order valence-electron chi connectivity index (χ4n) is 2.57. The fourth-order valence-corrected chi connectivity index (χ4v) is 2.57. The molecule has 0 spiro atoms. The Morgan fingerprint density at radius 3 is 2.45 bits per heavy atom. The number of benzene rings is 1. The summed E-state index contributed by atoms with van der Waals surface area (Å²) in [6.07, 6.45) is 3.52. The van der Waals surface area contributed by atoms with E-state index in [2.05, 4.69) is 19.2 Å². The number of amides is 1. The highest BCUT2D eigenvalue weighted by molar-refractivity contribution is 5.95. The first-order valence-corrected chi connectivity index (χ1v) is 7.27. The second-order valence-electron chi connectivity index (χ2n) is 5.17. The van der Waals surface area contributed by atoms with Gasteiger partial charge in [0.1, 0.15) is 5.75 Å². The second kappa shape index (κ2) is 7.90. The first-order chi connectivity index (χ1) is 9.61. The number of rotatable bonds is 8. The molecule has 0 aliphatic carbocycles. The molecule has 0 saturated carbocycles. The largest absolute Gasteiger partial charge is 0.497 e.